The molecule has 0 unspecified atom stereocenters. The third kappa shape index (κ3) is 4.59. The molecule has 0 fully saturated rings. The summed E-state index contributed by atoms with van der Waals surface area (Å²) in [5, 5.41) is 25.7. The molecule has 3 N–H and O–H groups in total. The molecule has 4 aromatic rings. The van der Waals surface area contributed by atoms with Crippen LogP contribution in [-0.4, -0.2) is 38.6 Å². The number of aromatic amines is 3. The molecule has 4 rings (SSSR count). The number of nitrogens with one attached hydrogen (secondary N) is 3. The van der Waals surface area contributed by atoms with Crippen molar-refractivity contribution in [2.24, 2.45) is 0 Å². The summed E-state index contributed by atoms with van der Waals surface area (Å²) in [6, 6.07) is 5.28. The number of H-pyrrole nitrogens is 3. The number of fused-ring (bicyclic) bond motifs is 2. The van der Waals surface area contributed by atoms with Crippen molar-refractivity contribution in [3.05, 3.63) is 52.2 Å². The molecule has 0 saturated carbocycles. The average Bonchev–Trinajstić information content (AvgIpc) is 3.35. The normalized spacial score (nSPS) is 9.97. The van der Waals surface area contributed by atoms with Crippen LogP contribution in [-0.2, 0) is 19.6 Å². The minimum Gasteiger partial charge on any atom is -0.323 e. The maximum absolute atomic E-state index is 11.9. The molecular weight excluding hydrogens is 493 g/mol. The van der Waals surface area contributed by atoms with E-state index in [0.29, 0.717) is 4.57 Å². The van der Waals surface area contributed by atoms with E-state index < -0.39 is 29.0 Å². The number of hydrogen-bond donors (Lipinski definition) is 3. The summed E-state index contributed by atoms with van der Waals surface area (Å²) in [4.78, 5) is 61.0. The maximum atomic E-state index is 11.9. The fourth-order valence-electron chi connectivity index (χ4n) is 2.79. The van der Waals surface area contributed by atoms with Gasteiger partial charge in [-0.05, 0) is 23.2 Å². The number of rotatable bonds is 3. The zero-order valence-corrected chi connectivity index (χ0v) is 17.6. The first kappa shape index (κ1) is 25.6. The van der Waals surface area contributed by atoms with Crippen molar-refractivity contribution < 1.29 is 0 Å². The van der Waals surface area contributed by atoms with Gasteiger partial charge in [-0.15, -0.1) is 0 Å². The SMILES string of the molecule is C.N#CCn1c(=O)[nH]c(=O)c2[nH]c(Cl)nc21.N#CCn1c(=O)c2[nH]c(Cl)nc2n(CC#N)c1=O. The molecule has 0 aliphatic carbocycles. The molecule has 4 aromatic heterocycles. The second-order valence-corrected chi connectivity index (χ2v) is 6.75. The van der Waals surface area contributed by atoms with Crippen molar-refractivity contribution in [3.63, 3.8) is 0 Å². The van der Waals surface area contributed by atoms with Crippen molar-refractivity contribution in [1.82, 2.24) is 38.6 Å². The van der Waals surface area contributed by atoms with Gasteiger partial charge in [-0.2, -0.15) is 25.8 Å². The Labute approximate surface area is 197 Å². The molecule has 174 valence electrons. The second-order valence-electron chi connectivity index (χ2n) is 6.03. The molecule has 17 heteroatoms. The Bertz CT molecular complexity index is 1750. The van der Waals surface area contributed by atoms with E-state index in [1.165, 1.54) is 0 Å². The van der Waals surface area contributed by atoms with E-state index >= 15 is 0 Å². The molecule has 0 aromatic carbocycles. The molecule has 0 spiro atoms. The van der Waals surface area contributed by atoms with Gasteiger partial charge in [-0.3, -0.25) is 23.7 Å². The van der Waals surface area contributed by atoms with E-state index in [4.69, 9.17) is 39.0 Å². The number of nitriles is 3. The lowest BCUT2D eigenvalue weighted by Gasteiger charge is -2.04. The zero-order chi connectivity index (χ0) is 24.3. The predicted octanol–water partition coefficient (Wildman–Crippen LogP) is -0.187. The summed E-state index contributed by atoms with van der Waals surface area (Å²) < 4.78 is 2.73. The van der Waals surface area contributed by atoms with Crippen LogP contribution in [0.15, 0.2) is 19.2 Å². The Hall–Kier alpha value is -4.65. The van der Waals surface area contributed by atoms with Crippen molar-refractivity contribution in [2.75, 3.05) is 0 Å². The van der Waals surface area contributed by atoms with Gasteiger partial charge in [0.1, 0.15) is 19.6 Å². The fourth-order valence-corrected chi connectivity index (χ4v) is 3.14. The van der Waals surface area contributed by atoms with E-state index in [9.17, 15) is 19.2 Å². The van der Waals surface area contributed by atoms with E-state index in [-0.39, 0.29) is 53.4 Å². The standard InChI is InChI=1S/C9H5ClN6O2.C7H4ClN5O2.CH4/c10-8-13-5-6(14-8)15(3-1-11)9(18)16(4-2-12)7(5)17;8-6-10-3-4(11-6)13(2-1-9)7(15)12-5(3)14;/h3-4H2,(H,13,14);2H2,(H,10,11)(H,12,14,15);1H4. The van der Waals surface area contributed by atoms with Gasteiger partial charge in [0.25, 0.3) is 11.1 Å². The quantitative estimate of drug-likeness (QED) is 0.312. The van der Waals surface area contributed by atoms with E-state index in [1.54, 1.807) is 18.2 Å². The van der Waals surface area contributed by atoms with Gasteiger partial charge in [-0.1, -0.05) is 7.43 Å². The molecule has 0 radical (unpaired) electrons. The molecule has 34 heavy (non-hydrogen) atoms. The third-order valence-corrected chi connectivity index (χ3v) is 4.48. The highest BCUT2D eigenvalue weighted by molar-refractivity contribution is 6.29. The molecule has 0 aliphatic rings. The first-order valence-corrected chi connectivity index (χ1v) is 9.37. The number of hydrogen-bond acceptors (Lipinski definition) is 9. The van der Waals surface area contributed by atoms with Crippen molar-refractivity contribution in [3.8, 4) is 18.2 Å². The van der Waals surface area contributed by atoms with Crippen molar-refractivity contribution in [1.29, 1.82) is 15.8 Å². The highest BCUT2D eigenvalue weighted by atomic mass is 35.5. The number of nitrogens with zero attached hydrogens (tertiary/aromatic N) is 8. The van der Waals surface area contributed by atoms with Gasteiger partial charge < -0.3 is 9.97 Å². The Morgan fingerprint density at radius 3 is 1.76 bits per heavy atom. The predicted molar refractivity (Wildman–Crippen MR) is 119 cm³/mol. The van der Waals surface area contributed by atoms with Crippen LogP contribution in [0.4, 0.5) is 0 Å². The third-order valence-electron chi connectivity index (χ3n) is 4.12. The Kier molecular flexibility index (Phi) is 7.77. The zero-order valence-electron chi connectivity index (χ0n) is 16.1. The summed E-state index contributed by atoms with van der Waals surface area (Å²) in [5.41, 5.74) is -2.59. The fraction of sp³-hybridized carbons (Fsp3) is 0.235. The molecule has 0 saturated heterocycles. The molecule has 0 amide bonds. The average molecular weight is 506 g/mol. The highest BCUT2D eigenvalue weighted by Crippen LogP contribution is 2.09. The van der Waals surface area contributed by atoms with Crippen LogP contribution in [0.25, 0.3) is 22.3 Å². The Morgan fingerprint density at radius 2 is 1.21 bits per heavy atom. The highest BCUT2D eigenvalue weighted by Gasteiger charge is 2.16. The first-order valence-electron chi connectivity index (χ1n) is 8.61. The monoisotopic (exact) mass is 505 g/mol. The van der Waals surface area contributed by atoms with Crippen molar-refractivity contribution >= 4 is 45.5 Å². The topological polar surface area (TPSA) is 228 Å². The van der Waals surface area contributed by atoms with E-state index in [1.807, 2.05) is 0 Å². The summed E-state index contributed by atoms with van der Waals surface area (Å²) in [7, 11) is 0. The van der Waals surface area contributed by atoms with Gasteiger partial charge in [-0.25, -0.2) is 14.2 Å². The van der Waals surface area contributed by atoms with Crippen LogP contribution in [0.5, 0.6) is 0 Å². The van der Waals surface area contributed by atoms with Crippen LogP contribution in [0.1, 0.15) is 7.43 Å². The largest absolute Gasteiger partial charge is 0.334 e. The van der Waals surface area contributed by atoms with Crippen LogP contribution in [0, 0.1) is 34.0 Å². The molecule has 0 atom stereocenters. The maximum Gasteiger partial charge on any atom is 0.334 e. The van der Waals surface area contributed by atoms with Crippen LogP contribution in [0.3, 0.4) is 0 Å². The molecule has 0 bridgehead atoms. The smallest absolute Gasteiger partial charge is 0.323 e. The second kappa shape index (κ2) is 10.3. The molecular formula is C17H13Cl2N11O4. The van der Waals surface area contributed by atoms with Gasteiger partial charge in [0, 0.05) is 0 Å². The summed E-state index contributed by atoms with van der Waals surface area (Å²) in [5.74, 6) is 0. The summed E-state index contributed by atoms with van der Waals surface area (Å²) in [6.45, 7) is -0.898. The minimum absolute atomic E-state index is 0. The number of aromatic nitrogens is 8. The van der Waals surface area contributed by atoms with Gasteiger partial charge in [0.15, 0.2) is 22.3 Å². The van der Waals surface area contributed by atoms with Crippen LogP contribution >= 0.6 is 23.2 Å². The van der Waals surface area contributed by atoms with Gasteiger partial charge >= 0.3 is 11.4 Å². The Balaban J connectivity index is 0.000000237. The van der Waals surface area contributed by atoms with Crippen molar-refractivity contribution in [2.45, 2.75) is 27.1 Å². The first-order chi connectivity index (χ1) is 15.7. The lowest BCUT2D eigenvalue weighted by Crippen LogP contribution is -2.39. The molecule has 0 aliphatic heterocycles. The minimum atomic E-state index is -0.765. The summed E-state index contributed by atoms with van der Waals surface area (Å²) >= 11 is 11.2. The number of imidazole rings is 2. The van der Waals surface area contributed by atoms with Crippen LogP contribution in [0.2, 0.25) is 10.6 Å². The lowest BCUT2D eigenvalue weighted by molar-refractivity contribution is 0.653. The lowest BCUT2D eigenvalue weighted by atomic mass is 10.5. The Morgan fingerprint density at radius 1 is 0.735 bits per heavy atom. The van der Waals surface area contributed by atoms with Gasteiger partial charge in [0.2, 0.25) is 10.6 Å². The van der Waals surface area contributed by atoms with E-state index in [0.717, 1.165) is 9.13 Å². The molecule has 15 nitrogen and oxygen atoms in total. The van der Waals surface area contributed by atoms with Gasteiger partial charge in [0.05, 0.1) is 18.2 Å². The van der Waals surface area contributed by atoms with Crippen LogP contribution < -0.4 is 22.5 Å². The van der Waals surface area contributed by atoms with E-state index in [2.05, 4.69) is 24.9 Å². The summed E-state index contributed by atoms with van der Waals surface area (Å²) in [6.07, 6.45) is 0. The molecule has 4 heterocycles. The number of halogens is 2.